The molecule has 0 aliphatic heterocycles. The van der Waals surface area contributed by atoms with Crippen molar-refractivity contribution in [3.63, 3.8) is 0 Å². The number of hydrogen-bond acceptors (Lipinski definition) is 3. The fourth-order valence-electron chi connectivity index (χ4n) is 1.45. The summed E-state index contributed by atoms with van der Waals surface area (Å²) in [6.45, 7) is 8.07. The van der Waals surface area contributed by atoms with E-state index >= 15 is 0 Å². The molecule has 78 valence electrons. The predicted octanol–water partition coefficient (Wildman–Crippen LogP) is 2.92. The molecule has 0 aliphatic rings. The quantitative estimate of drug-likeness (QED) is 0.445. The number of nitrogens with one attached hydrogen (secondary N) is 1. The lowest BCUT2D eigenvalue weighted by Gasteiger charge is -2.15. The number of thiophene rings is 1. The summed E-state index contributed by atoms with van der Waals surface area (Å²) < 4.78 is 0. The summed E-state index contributed by atoms with van der Waals surface area (Å²) in [6.07, 6.45) is 2.04. The van der Waals surface area contributed by atoms with E-state index < -0.39 is 0 Å². The Morgan fingerprint density at radius 3 is 2.79 bits per heavy atom. The topological polar surface area (TPSA) is 38.0 Å². The summed E-state index contributed by atoms with van der Waals surface area (Å²) in [5.41, 5.74) is 6.71. The summed E-state index contributed by atoms with van der Waals surface area (Å²) in [7, 11) is 0. The Balaban J connectivity index is 2.63. The lowest BCUT2D eigenvalue weighted by atomic mass is 10.0. The van der Waals surface area contributed by atoms with Crippen molar-refractivity contribution < 1.29 is 0 Å². The maximum Gasteiger partial charge on any atom is 0.0473 e. The second-order valence-electron chi connectivity index (χ2n) is 3.73. The molecule has 0 amide bonds. The third kappa shape index (κ3) is 2.94. The molecule has 1 heterocycles. The molecule has 1 aromatic rings. The van der Waals surface area contributed by atoms with Crippen molar-refractivity contribution in [2.45, 2.75) is 32.7 Å². The Bertz CT molecular complexity index is 304. The molecule has 0 bridgehead atoms. The fourth-order valence-corrected chi connectivity index (χ4v) is 2.35. The Morgan fingerprint density at radius 1 is 1.64 bits per heavy atom. The van der Waals surface area contributed by atoms with Gasteiger partial charge in [-0.25, -0.2) is 0 Å². The molecule has 1 atom stereocenters. The van der Waals surface area contributed by atoms with Crippen molar-refractivity contribution in [2.75, 3.05) is 0 Å². The van der Waals surface area contributed by atoms with E-state index in [0.29, 0.717) is 0 Å². The van der Waals surface area contributed by atoms with Gasteiger partial charge >= 0.3 is 0 Å². The smallest absolute Gasteiger partial charge is 0.0473 e. The Kier molecular flexibility index (Phi) is 4.32. The second kappa shape index (κ2) is 5.29. The minimum atomic E-state index is 0.262. The molecular formula is C11H18N2S. The molecule has 0 saturated heterocycles. The molecule has 1 aromatic heterocycles. The molecule has 2 nitrogen and oxygen atoms in total. The minimum Gasteiger partial charge on any atom is -0.271 e. The van der Waals surface area contributed by atoms with Crippen LogP contribution in [-0.4, -0.2) is 0 Å². The normalized spacial score (nSPS) is 12.8. The largest absolute Gasteiger partial charge is 0.271 e. The van der Waals surface area contributed by atoms with Crippen LogP contribution in [0.5, 0.6) is 0 Å². The Hall–Kier alpha value is -0.640. The van der Waals surface area contributed by atoms with Crippen LogP contribution in [0.25, 0.3) is 0 Å². The summed E-state index contributed by atoms with van der Waals surface area (Å²) >= 11 is 1.73. The number of hydrogen-bond donors (Lipinski definition) is 2. The van der Waals surface area contributed by atoms with E-state index in [-0.39, 0.29) is 6.04 Å². The van der Waals surface area contributed by atoms with Gasteiger partial charge in [0.2, 0.25) is 0 Å². The second-order valence-corrected chi connectivity index (χ2v) is 4.47. The number of nitrogens with two attached hydrogens (primary N) is 1. The highest BCUT2D eigenvalue weighted by Gasteiger charge is 2.12. The zero-order valence-corrected chi connectivity index (χ0v) is 9.66. The van der Waals surface area contributed by atoms with Gasteiger partial charge in [0, 0.05) is 6.04 Å². The van der Waals surface area contributed by atoms with Crippen molar-refractivity contribution in [3.05, 3.63) is 34.0 Å². The molecule has 1 unspecified atom stereocenters. The Morgan fingerprint density at radius 2 is 2.36 bits per heavy atom. The Labute approximate surface area is 89.8 Å². The molecule has 0 saturated carbocycles. The van der Waals surface area contributed by atoms with Gasteiger partial charge in [0.05, 0.1) is 0 Å². The first-order valence-electron chi connectivity index (χ1n) is 4.78. The molecular weight excluding hydrogens is 192 g/mol. The first-order chi connectivity index (χ1) is 6.65. The summed E-state index contributed by atoms with van der Waals surface area (Å²) in [5.74, 6) is 5.54. The van der Waals surface area contributed by atoms with Crippen LogP contribution < -0.4 is 11.3 Å². The third-order valence-corrected chi connectivity index (χ3v) is 3.21. The minimum absolute atomic E-state index is 0.262. The number of allylic oxidation sites excluding steroid dienone is 1. The van der Waals surface area contributed by atoms with Gasteiger partial charge in [-0.3, -0.25) is 11.3 Å². The molecule has 3 N–H and O–H groups in total. The van der Waals surface area contributed by atoms with Gasteiger partial charge in [0.1, 0.15) is 0 Å². The van der Waals surface area contributed by atoms with Crippen LogP contribution in [0.1, 0.15) is 36.9 Å². The van der Waals surface area contributed by atoms with E-state index in [2.05, 4.69) is 29.7 Å². The van der Waals surface area contributed by atoms with E-state index in [1.54, 1.807) is 11.3 Å². The van der Waals surface area contributed by atoms with E-state index in [9.17, 15) is 0 Å². The number of aryl methyl sites for hydroxylation is 1. The highest BCUT2D eigenvalue weighted by molar-refractivity contribution is 7.08. The molecule has 3 heteroatoms. The molecule has 1 rings (SSSR count). The first-order valence-corrected chi connectivity index (χ1v) is 5.72. The zero-order valence-electron chi connectivity index (χ0n) is 8.84. The van der Waals surface area contributed by atoms with Gasteiger partial charge < -0.3 is 0 Å². The van der Waals surface area contributed by atoms with Crippen LogP contribution in [0.3, 0.4) is 0 Å². The summed E-state index contributed by atoms with van der Waals surface area (Å²) in [6, 6.07) is 0.262. The van der Waals surface area contributed by atoms with Crippen LogP contribution in [0, 0.1) is 6.92 Å². The molecule has 14 heavy (non-hydrogen) atoms. The molecule has 0 aliphatic carbocycles. The monoisotopic (exact) mass is 210 g/mol. The van der Waals surface area contributed by atoms with Crippen molar-refractivity contribution in [2.24, 2.45) is 5.84 Å². The predicted molar refractivity (Wildman–Crippen MR) is 63.2 cm³/mol. The molecule has 0 radical (unpaired) electrons. The SMILES string of the molecule is C=C(C)CCC(NN)c1cscc1C. The average Bonchev–Trinajstić information content (AvgIpc) is 2.53. The van der Waals surface area contributed by atoms with E-state index in [4.69, 9.17) is 5.84 Å². The van der Waals surface area contributed by atoms with E-state index in [0.717, 1.165) is 12.8 Å². The van der Waals surface area contributed by atoms with Crippen LogP contribution in [0.4, 0.5) is 0 Å². The van der Waals surface area contributed by atoms with Crippen molar-refractivity contribution in [1.82, 2.24) is 5.43 Å². The van der Waals surface area contributed by atoms with Gasteiger partial charge in [-0.15, -0.1) is 6.58 Å². The molecule has 0 aromatic carbocycles. The first kappa shape index (κ1) is 11.4. The maximum atomic E-state index is 5.54. The number of rotatable bonds is 5. The third-order valence-electron chi connectivity index (χ3n) is 2.33. The van der Waals surface area contributed by atoms with E-state index in [1.807, 2.05) is 6.92 Å². The highest BCUT2D eigenvalue weighted by atomic mass is 32.1. The molecule has 0 fully saturated rings. The van der Waals surface area contributed by atoms with Gasteiger partial charge in [0.15, 0.2) is 0 Å². The standard InChI is InChI=1S/C11H18N2S/c1-8(2)4-5-11(13-12)10-7-14-6-9(10)3/h6-7,11,13H,1,4-5,12H2,2-3H3. The number of hydrazine groups is 1. The van der Waals surface area contributed by atoms with Gasteiger partial charge in [0.25, 0.3) is 0 Å². The van der Waals surface area contributed by atoms with Gasteiger partial charge in [-0.05, 0) is 48.6 Å². The van der Waals surface area contributed by atoms with E-state index in [1.165, 1.54) is 16.7 Å². The molecule has 0 spiro atoms. The van der Waals surface area contributed by atoms with Crippen LogP contribution in [-0.2, 0) is 0 Å². The van der Waals surface area contributed by atoms with Crippen molar-refractivity contribution >= 4 is 11.3 Å². The summed E-state index contributed by atoms with van der Waals surface area (Å²) in [5, 5.41) is 4.32. The van der Waals surface area contributed by atoms with Gasteiger partial charge in [-0.1, -0.05) is 5.57 Å². The van der Waals surface area contributed by atoms with Crippen LogP contribution in [0.2, 0.25) is 0 Å². The van der Waals surface area contributed by atoms with Crippen LogP contribution >= 0.6 is 11.3 Å². The fraction of sp³-hybridized carbons (Fsp3) is 0.455. The lowest BCUT2D eigenvalue weighted by Crippen LogP contribution is -2.28. The highest BCUT2D eigenvalue weighted by Crippen LogP contribution is 2.25. The summed E-state index contributed by atoms with van der Waals surface area (Å²) in [4.78, 5) is 0. The van der Waals surface area contributed by atoms with Crippen molar-refractivity contribution in [3.8, 4) is 0 Å². The van der Waals surface area contributed by atoms with Crippen molar-refractivity contribution in [1.29, 1.82) is 0 Å². The zero-order chi connectivity index (χ0) is 10.6. The van der Waals surface area contributed by atoms with Crippen LogP contribution in [0.15, 0.2) is 22.9 Å². The maximum absolute atomic E-state index is 5.54. The van der Waals surface area contributed by atoms with Gasteiger partial charge in [-0.2, -0.15) is 11.3 Å². The lowest BCUT2D eigenvalue weighted by molar-refractivity contribution is 0.515. The average molecular weight is 210 g/mol.